The first-order valence-electron chi connectivity index (χ1n) is 9.89. The van der Waals surface area contributed by atoms with Gasteiger partial charge in [0.05, 0.1) is 11.8 Å². The number of amides is 2. The van der Waals surface area contributed by atoms with Crippen molar-refractivity contribution in [2.24, 2.45) is 11.8 Å². The smallest absolute Gasteiger partial charge is 0.326 e. The molecule has 2 aliphatic rings. The van der Waals surface area contributed by atoms with Crippen LogP contribution in [0.25, 0.3) is 11.5 Å². The predicted octanol–water partition coefficient (Wildman–Crippen LogP) is 2.82. The van der Waals surface area contributed by atoms with Crippen LogP contribution < -0.4 is 0 Å². The van der Waals surface area contributed by atoms with Crippen molar-refractivity contribution < 1.29 is 23.5 Å². The molecule has 1 saturated heterocycles. The zero-order valence-corrected chi connectivity index (χ0v) is 16.5. The lowest BCUT2D eigenvalue weighted by Gasteiger charge is -2.19. The van der Waals surface area contributed by atoms with E-state index in [1.165, 1.54) is 0 Å². The van der Waals surface area contributed by atoms with Crippen LogP contribution in [0.5, 0.6) is 0 Å². The lowest BCUT2D eigenvalue weighted by atomic mass is 9.81. The molecular formula is C21H23N3O5. The Bertz CT molecular complexity index is 912. The minimum atomic E-state index is -0.788. The van der Waals surface area contributed by atoms with E-state index in [2.05, 4.69) is 10.2 Å². The summed E-state index contributed by atoms with van der Waals surface area (Å²) in [6.45, 7) is 3.21. The zero-order valence-electron chi connectivity index (χ0n) is 16.5. The first kappa shape index (κ1) is 19.3. The van der Waals surface area contributed by atoms with E-state index in [-0.39, 0.29) is 36.1 Å². The summed E-state index contributed by atoms with van der Waals surface area (Å²) in [7, 11) is 0. The molecule has 2 amide bonds. The summed E-state index contributed by atoms with van der Waals surface area (Å²) >= 11 is 0. The maximum absolute atomic E-state index is 12.5. The zero-order chi connectivity index (χ0) is 20.5. The number of imide groups is 1. The molecule has 2 fully saturated rings. The van der Waals surface area contributed by atoms with Gasteiger partial charge in [-0.1, -0.05) is 30.5 Å². The topological polar surface area (TPSA) is 103 Å². The number of nitrogens with zero attached hydrogens (tertiary/aromatic N) is 3. The maximum atomic E-state index is 12.5. The van der Waals surface area contributed by atoms with Crippen molar-refractivity contribution in [3.63, 3.8) is 0 Å². The van der Waals surface area contributed by atoms with Gasteiger partial charge in [-0.2, -0.15) is 0 Å². The molecule has 8 heteroatoms. The van der Waals surface area contributed by atoms with Crippen molar-refractivity contribution in [3.8, 4) is 11.5 Å². The fourth-order valence-electron chi connectivity index (χ4n) is 4.01. The van der Waals surface area contributed by atoms with Crippen LogP contribution in [0.4, 0.5) is 0 Å². The number of carbonyl (C=O) groups is 3. The molecule has 1 aliphatic carbocycles. The lowest BCUT2D eigenvalue weighted by molar-refractivity contribution is -0.157. The molecule has 4 rings (SSSR count). The van der Waals surface area contributed by atoms with E-state index < -0.39 is 12.1 Å². The van der Waals surface area contributed by atoms with Gasteiger partial charge in [0, 0.05) is 5.56 Å². The molecule has 29 heavy (non-hydrogen) atoms. The van der Waals surface area contributed by atoms with E-state index in [0.717, 1.165) is 28.9 Å². The van der Waals surface area contributed by atoms with Crippen LogP contribution in [-0.2, 0) is 19.1 Å². The second kappa shape index (κ2) is 7.77. The van der Waals surface area contributed by atoms with Crippen LogP contribution >= 0.6 is 0 Å². The summed E-state index contributed by atoms with van der Waals surface area (Å²) < 4.78 is 11.0. The van der Waals surface area contributed by atoms with E-state index in [4.69, 9.17) is 9.15 Å². The average molecular weight is 397 g/mol. The minimum Gasteiger partial charge on any atom is -0.451 e. The van der Waals surface area contributed by atoms with Gasteiger partial charge in [-0.05, 0) is 38.8 Å². The third kappa shape index (κ3) is 3.79. The maximum Gasteiger partial charge on any atom is 0.326 e. The highest BCUT2D eigenvalue weighted by atomic mass is 16.6. The molecule has 3 unspecified atom stereocenters. The molecule has 3 atom stereocenters. The summed E-state index contributed by atoms with van der Waals surface area (Å²) in [5.74, 6) is -1.28. The van der Waals surface area contributed by atoms with Crippen LogP contribution in [0.15, 0.2) is 28.7 Å². The molecular weight excluding hydrogens is 374 g/mol. The summed E-state index contributed by atoms with van der Waals surface area (Å²) in [5, 5.41) is 7.94. The standard InChI is InChI=1S/C21H23N3O5/c1-12-7-9-14(10-8-12)19-23-22-18(29-19)13(2)28-17(25)11-24-20(26)15-5-3-4-6-16(15)21(24)27/h7-10,13,15-16H,3-6,11H2,1-2H3. The number of fused-ring (bicyclic) bond motifs is 1. The highest BCUT2D eigenvalue weighted by Crippen LogP contribution is 2.38. The Morgan fingerprint density at radius 1 is 1.14 bits per heavy atom. The molecule has 152 valence electrons. The summed E-state index contributed by atoms with van der Waals surface area (Å²) in [6, 6.07) is 7.61. The summed E-state index contributed by atoms with van der Waals surface area (Å²) in [6.07, 6.45) is 2.51. The normalized spacial score (nSPS) is 22.5. The quantitative estimate of drug-likeness (QED) is 0.564. The molecule has 8 nitrogen and oxygen atoms in total. The van der Waals surface area contributed by atoms with Crippen molar-refractivity contribution in [2.45, 2.75) is 45.6 Å². The molecule has 1 saturated carbocycles. The molecule has 1 aromatic heterocycles. The van der Waals surface area contributed by atoms with E-state index >= 15 is 0 Å². The highest BCUT2D eigenvalue weighted by Gasteiger charge is 2.48. The summed E-state index contributed by atoms with van der Waals surface area (Å²) in [4.78, 5) is 38.3. The Balaban J connectivity index is 1.38. The SMILES string of the molecule is Cc1ccc(-c2nnc(C(C)OC(=O)CN3C(=O)C4CCCCC4C3=O)o2)cc1. The van der Waals surface area contributed by atoms with E-state index in [9.17, 15) is 14.4 Å². The fourth-order valence-corrected chi connectivity index (χ4v) is 4.01. The second-order valence-corrected chi connectivity index (χ2v) is 7.70. The first-order chi connectivity index (χ1) is 13.9. The number of ether oxygens (including phenoxy) is 1. The fraction of sp³-hybridized carbons (Fsp3) is 0.476. The minimum absolute atomic E-state index is 0.154. The Morgan fingerprint density at radius 2 is 1.76 bits per heavy atom. The van der Waals surface area contributed by atoms with Gasteiger partial charge < -0.3 is 9.15 Å². The molecule has 0 spiro atoms. The summed E-state index contributed by atoms with van der Waals surface area (Å²) in [5.41, 5.74) is 1.88. The van der Waals surface area contributed by atoms with Gasteiger partial charge in [0.25, 0.3) is 5.89 Å². The molecule has 0 N–H and O–H groups in total. The first-order valence-corrected chi connectivity index (χ1v) is 9.89. The Kier molecular flexibility index (Phi) is 5.17. The van der Waals surface area contributed by atoms with Crippen LogP contribution in [0.1, 0.15) is 50.2 Å². The van der Waals surface area contributed by atoms with Gasteiger partial charge in [0.15, 0.2) is 6.10 Å². The van der Waals surface area contributed by atoms with Gasteiger partial charge in [-0.15, -0.1) is 10.2 Å². The second-order valence-electron chi connectivity index (χ2n) is 7.70. The van der Waals surface area contributed by atoms with Crippen molar-refractivity contribution in [2.75, 3.05) is 6.54 Å². The average Bonchev–Trinajstić information content (AvgIpc) is 3.29. The Labute approximate surface area is 168 Å². The van der Waals surface area contributed by atoms with Gasteiger partial charge >= 0.3 is 5.97 Å². The van der Waals surface area contributed by atoms with Gasteiger partial charge in [-0.3, -0.25) is 19.3 Å². The number of rotatable bonds is 5. The van der Waals surface area contributed by atoms with E-state index in [0.29, 0.717) is 18.7 Å². The van der Waals surface area contributed by atoms with Gasteiger partial charge in [0.1, 0.15) is 6.54 Å². The van der Waals surface area contributed by atoms with Crippen LogP contribution in [0.3, 0.4) is 0 Å². The van der Waals surface area contributed by atoms with Crippen LogP contribution in [-0.4, -0.2) is 39.4 Å². The Morgan fingerprint density at radius 3 is 2.38 bits per heavy atom. The van der Waals surface area contributed by atoms with Crippen molar-refractivity contribution >= 4 is 17.8 Å². The molecule has 0 bridgehead atoms. The monoisotopic (exact) mass is 397 g/mol. The molecule has 2 aromatic rings. The number of esters is 1. The van der Waals surface area contributed by atoms with E-state index in [1.54, 1.807) is 6.92 Å². The van der Waals surface area contributed by atoms with Crippen molar-refractivity contribution in [3.05, 3.63) is 35.7 Å². The largest absolute Gasteiger partial charge is 0.451 e. The van der Waals surface area contributed by atoms with Crippen molar-refractivity contribution in [1.29, 1.82) is 0 Å². The highest BCUT2D eigenvalue weighted by molar-refractivity contribution is 6.07. The number of carbonyl (C=O) groups excluding carboxylic acids is 3. The Hall–Kier alpha value is -3.03. The molecule has 0 radical (unpaired) electrons. The van der Waals surface area contributed by atoms with Gasteiger partial charge in [-0.25, -0.2) is 0 Å². The number of benzene rings is 1. The lowest BCUT2D eigenvalue weighted by Crippen LogP contribution is -2.37. The van der Waals surface area contributed by atoms with Gasteiger partial charge in [0.2, 0.25) is 17.7 Å². The third-order valence-corrected chi connectivity index (χ3v) is 5.61. The molecule has 1 aromatic carbocycles. The van der Waals surface area contributed by atoms with Crippen molar-refractivity contribution in [1.82, 2.24) is 15.1 Å². The van der Waals surface area contributed by atoms with Crippen LogP contribution in [0.2, 0.25) is 0 Å². The number of likely N-dealkylation sites (tertiary alicyclic amines) is 1. The molecule has 1 aliphatic heterocycles. The number of aromatic nitrogens is 2. The molecule has 2 heterocycles. The number of hydrogen-bond acceptors (Lipinski definition) is 7. The third-order valence-electron chi connectivity index (χ3n) is 5.61. The number of hydrogen-bond donors (Lipinski definition) is 0. The van der Waals surface area contributed by atoms with Crippen LogP contribution in [0, 0.1) is 18.8 Å². The predicted molar refractivity (Wildman–Crippen MR) is 101 cm³/mol. The number of aryl methyl sites for hydroxylation is 1. The van der Waals surface area contributed by atoms with E-state index in [1.807, 2.05) is 31.2 Å².